The summed E-state index contributed by atoms with van der Waals surface area (Å²) in [6, 6.07) is 11.6. The summed E-state index contributed by atoms with van der Waals surface area (Å²) >= 11 is 6.48. The van der Waals surface area contributed by atoms with Crippen molar-refractivity contribution in [1.82, 2.24) is 15.1 Å². The fourth-order valence-electron chi connectivity index (χ4n) is 6.25. The van der Waals surface area contributed by atoms with Crippen LogP contribution in [-0.4, -0.2) is 51.1 Å². The summed E-state index contributed by atoms with van der Waals surface area (Å²) in [5.74, 6) is -1.12. The van der Waals surface area contributed by atoms with E-state index in [0.29, 0.717) is 35.5 Å². The number of benzene rings is 2. The van der Waals surface area contributed by atoms with Crippen LogP contribution in [0.5, 0.6) is 0 Å². The minimum atomic E-state index is -0.715. The van der Waals surface area contributed by atoms with Gasteiger partial charge in [-0.15, -0.1) is 0 Å². The number of nitrogens with one attached hydrogen (secondary N) is 1. The van der Waals surface area contributed by atoms with E-state index in [0.717, 1.165) is 29.3 Å². The van der Waals surface area contributed by atoms with Crippen LogP contribution in [0.2, 0.25) is 5.02 Å². The topological polar surface area (TPSA) is 103 Å². The molecule has 1 saturated heterocycles. The van der Waals surface area contributed by atoms with Gasteiger partial charge in [0, 0.05) is 11.4 Å². The molecule has 1 amide bonds. The third-order valence-corrected chi connectivity index (χ3v) is 9.56. The fourth-order valence-corrected chi connectivity index (χ4v) is 6.45. The monoisotopic (exact) mass is 549 g/mol. The Bertz CT molecular complexity index is 1440. The maximum atomic E-state index is 13.3. The third kappa shape index (κ3) is 4.54. The summed E-state index contributed by atoms with van der Waals surface area (Å²) in [5, 5.41) is 18.2. The van der Waals surface area contributed by atoms with Crippen LogP contribution in [0.15, 0.2) is 42.6 Å². The Kier molecular flexibility index (Phi) is 6.13. The van der Waals surface area contributed by atoms with Crippen LogP contribution in [0.25, 0.3) is 10.9 Å². The molecule has 0 unspecified atom stereocenters. The standard InChI is InChI=1S/C29H33BClN3O5/c1-27(2)28(3,4)39-30(38-27)19-7-5-17(6-8-19)16-34-24-21(9-10-23(31)22(24)15-32-34)25(35)33-20-13-29(14-20)11-18(12-29)26(36)37/h5-10,15,18,20H,11-14,16H2,1-4H3,(H,33,35)(H,36,37). The first-order valence-corrected chi connectivity index (χ1v) is 13.9. The minimum Gasteiger partial charge on any atom is -0.481 e. The van der Waals surface area contributed by atoms with E-state index >= 15 is 0 Å². The van der Waals surface area contributed by atoms with Crippen molar-refractivity contribution < 1.29 is 24.0 Å². The molecule has 2 aliphatic carbocycles. The first kappa shape index (κ1) is 26.4. The van der Waals surface area contributed by atoms with Crippen LogP contribution < -0.4 is 10.8 Å². The molecule has 0 atom stereocenters. The highest BCUT2D eigenvalue weighted by atomic mass is 35.5. The van der Waals surface area contributed by atoms with Crippen molar-refractivity contribution in [2.45, 2.75) is 77.2 Å². The lowest BCUT2D eigenvalue weighted by Crippen LogP contribution is -2.57. The molecule has 1 spiro atoms. The van der Waals surface area contributed by atoms with Crippen molar-refractivity contribution in [3.8, 4) is 0 Å². The zero-order valence-corrected chi connectivity index (χ0v) is 23.4. The van der Waals surface area contributed by atoms with Gasteiger partial charge in [0.1, 0.15) is 0 Å². The third-order valence-electron chi connectivity index (χ3n) is 9.23. The number of halogens is 1. The molecule has 8 nitrogen and oxygen atoms in total. The van der Waals surface area contributed by atoms with E-state index in [1.165, 1.54) is 0 Å². The van der Waals surface area contributed by atoms with Gasteiger partial charge < -0.3 is 19.7 Å². The van der Waals surface area contributed by atoms with E-state index in [-0.39, 0.29) is 23.3 Å². The van der Waals surface area contributed by atoms with Crippen molar-refractivity contribution in [3.05, 3.63) is 58.7 Å². The Hall–Kier alpha value is -2.88. The molecular weight excluding hydrogens is 517 g/mol. The van der Waals surface area contributed by atoms with Crippen LogP contribution in [0, 0.1) is 11.3 Å². The Balaban J connectivity index is 1.17. The molecule has 0 radical (unpaired) electrons. The quantitative estimate of drug-likeness (QED) is 0.442. The maximum Gasteiger partial charge on any atom is 0.494 e. The van der Waals surface area contributed by atoms with Gasteiger partial charge in [0.2, 0.25) is 0 Å². The van der Waals surface area contributed by atoms with Crippen LogP contribution in [0.1, 0.15) is 69.3 Å². The first-order valence-electron chi connectivity index (χ1n) is 13.5. The number of carbonyl (C=O) groups excluding carboxylic acids is 1. The molecule has 2 aromatic carbocycles. The summed E-state index contributed by atoms with van der Waals surface area (Å²) in [5.41, 5.74) is 2.47. The normalized spacial score (nSPS) is 26.8. The van der Waals surface area contributed by atoms with Gasteiger partial charge in [0.15, 0.2) is 0 Å². The highest BCUT2D eigenvalue weighted by Crippen LogP contribution is 2.58. The number of aromatic nitrogens is 2. The number of rotatable bonds is 6. The number of amides is 1. The van der Waals surface area contributed by atoms with E-state index in [9.17, 15) is 14.7 Å². The van der Waals surface area contributed by atoms with Crippen LogP contribution in [0.3, 0.4) is 0 Å². The van der Waals surface area contributed by atoms with E-state index in [2.05, 4.69) is 10.4 Å². The number of carboxylic acids is 1. The van der Waals surface area contributed by atoms with E-state index in [1.54, 1.807) is 18.3 Å². The van der Waals surface area contributed by atoms with Crippen LogP contribution >= 0.6 is 11.6 Å². The summed E-state index contributed by atoms with van der Waals surface area (Å²) in [4.78, 5) is 24.5. The molecule has 1 aromatic heterocycles. The molecule has 2 saturated carbocycles. The second-order valence-corrected chi connectivity index (χ2v) is 12.9. The minimum absolute atomic E-state index is 0.0527. The Morgan fingerprint density at radius 2 is 1.69 bits per heavy atom. The SMILES string of the molecule is CC1(C)OB(c2ccc(Cn3ncc4c(Cl)ccc(C(=O)NC5CC6(C5)CC(C(=O)O)C6)c43)cc2)OC1(C)C. The van der Waals surface area contributed by atoms with Crippen molar-refractivity contribution in [2.75, 3.05) is 0 Å². The van der Waals surface area contributed by atoms with E-state index < -0.39 is 24.3 Å². The Labute approximate surface area is 233 Å². The average molecular weight is 550 g/mol. The first-order chi connectivity index (χ1) is 18.4. The number of fused-ring (bicyclic) bond motifs is 1. The predicted molar refractivity (Wildman–Crippen MR) is 149 cm³/mol. The molecule has 39 heavy (non-hydrogen) atoms. The largest absolute Gasteiger partial charge is 0.494 e. The molecule has 3 fully saturated rings. The molecule has 10 heteroatoms. The summed E-state index contributed by atoms with van der Waals surface area (Å²) < 4.78 is 14.1. The van der Waals surface area contributed by atoms with Gasteiger partial charge in [-0.3, -0.25) is 14.3 Å². The van der Waals surface area contributed by atoms with Gasteiger partial charge in [0.05, 0.1) is 46.0 Å². The van der Waals surface area contributed by atoms with Crippen molar-refractivity contribution >= 4 is 47.0 Å². The van der Waals surface area contributed by atoms with Gasteiger partial charge in [0.25, 0.3) is 5.91 Å². The van der Waals surface area contributed by atoms with Crippen LogP contribution in [-0.2, 0) is 20.6 Å². The highest BCUT2D eigenvalue weighted by molar-refractivity contribution is 6.62. The van der Waals surface area contributed by atoms with Gasteiger partial charge in [-0.05, 0) is 82.0 Å². The maximum absolute atomic E-state index is 13.3. The lowest BCUT2D eigenvalue weighted by molar-refractivity contribution is -0.155. The summed E-state index contributed by atoms with van der Waals surface area (Å²) in [6.45, 7) is 8.61. The molecule has 3 aliphatic rings. The molecule has 3 aromatic rings. The smallest absolute Gasteiger partial charge is 0.481 e. The Morgan fingerprint density at radius 1 is 1.05 bits per heavy atom. The zero-order chi connectivity index (χ0) is 27.7. The molecule has 2 N–H and O–H groups in total. The number of carbonyl (C=O) groups is 2. The molecular formula is C29H33BClN3O5. The molecule has 1 aliphatic heterocycles. The van der Waals surface area contributed by atoms with Crippen LogP contribution in [0.4, 0.5) is 0 Å². The predicted octanol–water partition coefficient (Wildman–Crippen LogP) is 4.41. The van der Waals surface area contributed by atoms with Gasteiger partial charge in [-0.25, -0.2) is 0 Å². The number of hydrogen-bond donors (Lipinski definition) is 2. The average Bonchev–Trinajstić information content (AvgIpc) is 3.32. The van der Waals surface area contributed by atoms with Gasteiger partial charge >= 0.3 is 13.1 Å². The number of hydrogen-bond acceptors (Lipinski definition) is 5. The number of nitrogens with zero attached hydrogens (tertiary/aromatic N) is 2. The molecule has 6 rings (SSSR count). The van der Waals surface area contributed by atoms with Gasteiger partial charge in [-0.2, -0.15) is 5.10 Å². The fraction of sp³-hybridized carbons (Fsp3) is 0.483. The lowest BCUT2D eigenvalue weighted by Gasteiger charge is -2.56. The summed E-state index contributed by atoms with van der Waals surface area (Å²) in [7, 11) is -0.427. The molecule has 2 heterocycles. The van der Waals surface area contributed by atoms with E-state index in [1.807, 2.05) is 56.6 Å². The second-order valence-electron chi connectivity index (χ2n) is 12.5. The number of aliphatic carboxylic acids is 1. The Morgan fingerprint density at radius 3 is 2.31 bits per heavy atom. The van der Waals surface area contributed by atoms with E-state index in [4.69, 9.17) is 20.9 Å². The summed E-state index contributed by atoms with van der Waals surface area (Å²) in [6.07, 6.45) is 4.77. The molecule has 0 bridgehead atoms. The molecule has 204 valence electrons. The second kappa shape index (κ2) is 9.08. The van der Waals surface area contributed by atoms with Crippen molar-refractivity contribution in [1.29, 1.82) is 0 Å². The zero-order valence-electron chi connectivity index (χ0n) is 22.7. The van der Waals surface area contributed by atoms with Gasteiger partial charge in [-0.1, -0.05) is 35.9 Å². The number of carboxylic acid groups (broad SMARTS) is 1. The lowest BCUT2D eigenvalue weighted by atomic mass is 9.50. The van der Waals surface area contributed by atoms with Crippen molar-refractivity contribution in [3.63, 3.8) is 0 Å². The van der Waals surface area contributed by atoms with Crippen molar-refractivity contribution in [2.24, 2.45) is 11.3 Å². The highest BCUT2D eigenvalue weighted by Gasteiger charge is 2.55.